The molecule has 1 aliphatic rings. The zero-order valence-electron chi connectivity index (χ0n) is 8.05. The lowest BCUT2D eigenvalue weighted by Gasteiger charge is -2.06. The van der Waals surface area contributed by atoms with E-state index in [9.17, 15) is 4.79 Å². The van der Waals surface area contributed by atoms with E-state index in [1.807, 2.05) is 18.5 Å². The Morgan fingerprint density at radius 3 is 3.27 bits per heavy atom. The maximum absolute atomic E-state index is 11.1. The summed E-state index contributed by atoms with van der Waals surface area (Å²) in [5.41, 5.74) is 1.89. The molecule has 1 aliphatic heterocycles. The van der Waals surface area contributed by atoms with Crippen LogP contribution in [-0.4, -0.2) is 27.0 Å². The van der Waals surface area contributed by atoms with Crippen LogP contribution >= 0.6 is 0 Å². The van der Waals surface area contributed by atoms with Gasteiger partial charge in [0.25, 0.3) is 0 Å². The number of hydrogen-bond donors (Lipinski definition) is 1. The molecule has 1 saturated heterocycles. The van der Waals surface area contributed by atoms with Gasteiger partial charge in [0.05, 0.1) is 6.20 Å². The van der Waals surface area contributed by atoms with Gasteiger partial charge in [-0.15, -0.1) is 0 Å². The van der Waals surface area contributed by atoms with E-state index in [-0.39, 0.29) is 11.8 Å². The topological polar surface area (TPSA) is 59.3 Å². The van der Waals surface area contributed by atoms with Crippen LogP contribution < -0.4 is 5.32 Å². The fourth-order valence-corrected chi connectivity index (χ4v) is 1.88. The minimum atomic E-state index is 0.112. The van der Waals surface area contributed by atoms with Gasteiger partial charge in [0, 0.05) is 37.3 Å². The highest BCUT2D eigenvalue weighted by Crippen LogP contribution is 2.21. The van der Waals surface area contributed by atoms with Gasteiger partial charge >= 0.3 is 0 Å². The fourth-order valence-electron chi connectivity index (χ4n) is 1.88. The van der Waals surface area contributed by atoms with Crippen molar-refractivity contribution < 1.29 is 4.79 Å². The zero-order valence-corrected chi connectivity index (χ0v) is 8.05. The van der Waals surface area contributed by atoms with Crippen molar-refractivity contribution in [1.29, 1.82) is 0 Å². The van der Waals surface area contributed by atoms with Crippen molar-refractivity contribution in [3.05, 3.63) is 30.2 Å². The molecule has 2 aromatic heterocycles. The summed E-state index contributed by atoms with van der Waals surface area (Å²) in [4.78, 5) is 15.4. The van der Waals surface area contributed by atoms with Gasteiger partial charge < -0.3 is 5.32 Å². The van der Waals surface area contributed by atoms with E-state index in [1.54, 1.807) is 10.7 Å². The number of nitrogens with zero attached hydrogens (tertiary/aromatic N) is 3. The molecule has 3 rings (SSSR count). The average Bonchev–Trinajstić information content (AvgIpc) is 2.84. The van der Waals surface area contributed by atoms with Crippen molar-refractivity contribution in [2.75, 3.05) is 6.54 Å². The highest BCUT2D eigenvalue weighted by Gasteiger charge is 2.23. The smallest absolute Gasteiger partial charge is 0.220 e. The molecular formula is C10H10N4O. The number of rotatable bonds is 1. The van der Waals surface area contributed by atoms with Gasteiger partial charge in [-0.2, -0.15) is 5.10 Å². The molecule has 1 N–H and O–H groups in total. The predicted octanol–water partition coefficient (Wildman–Crippen LogP) is 0.333. The van der Waals surface area contributed by atoms with E-state index in [0.717, 1.165) is 11.2 Å². The Morgan fingerprint density at radius 2 is 2.47 bits per heavy atom. The lowest BCUT2D eigenvalue weighted by Crippen LogP contribution is -2.13. The standard InChI is InChI=1S/C10H10N4O/c15-10-3-7(4-12-10)8-5-11-9-1-2-13-14(9)6-8/h1-2,5-7H,3-4H2,(H,12,15). The van der Waals surface area contributed by atoms with Crippen LogP contribution in [0.4, 0.5) is 0 Å². The van der Waals surface area contributed by atoms with Gasteiger partial charge in [-0.3, -0.25) is 4.79 Å². The highest BCUT2D eigenvalue weighted by atomic mass is 16.1. The third kappa shape index (κ3) is 1.36. The number of hydrogen-bond acceptors (Lipinski definition) is 3. The third-order valence-corrected chi connectivity index (χ3v) is 2.72. The second-order valence-corrected chi connectivity index (χ2v) is 3.73. The largest absolute Gasteiger partial charge is 0.355 e. The summed E-state index contributed by atoms with van der Waals surface area (Å²) in [7, 11) is 0. The Hall–Kier alpha value is -1.91. The van der Waals surface area contributed by atoms with E-state index >= 15 is 0 Å². The second kappa shape index (κ2) is 3.05. The summed E-state index contributed by atoms with van der Waals surface area (Å²) in [6.07, 6.45) is 6.02. The van der Waals surface area contributed by atoms with Gasteiger partial charge in [0.2, 0.25) is 5.91 Å². The molecule has 2 aromatic rings. The predicted molar refractivity (Wildman–Crippen MR) is 53.4 cm³/mol. The van der Waals surface area contributed by atoms with Crippen molar-refractivity contribution >= 4 is 11.6 Å². The van der Waals surface area contributed by atoms with Gasteiger partial charge in [-0.25, -0.2) is 9.50 Å². The van der Waals surface area contributed by atoms with E-state index in [0.29, 0.717) is 13.0 Å². The Morgan fingerprint density at radius 1 is 1.53 bits per heavy atom. The summed E-state index contributed by atoms with van der Waals surface area (Å²) < 4.78 is 1.73. The number of aromatic nitrogens is 3. The summed E-state index contributed by atoms with van der Waals surface area (Å²) >= 11 is 0. The van der Waals surface area contributed by atoms with Crippen molar-refractivity contribution in [3.8, 4) is 0 Å². The molecule has 76 valence electrons. The maximum atomic E-state index is 11.1. The first-order chi connectivity index (χ1) is 7.33. The Kier molecular flexibility index (Phi) is 1.71. The molecule has 1 fully saturated rings. The first-order valence-electron chi connectivity index (χ1n) is 4.89. The number of carbonyl (C=O) groups is 1. The van der Waals surface area contributed by atoms with Gasteiger partial charge in [0.1, 0.15) is 0 Å². The number of nitrogens with one attached hydrogen (secondary N) is 1. The van der Waals surface area contributed by atoms with Crippen LogP contribution in [0.15, 0.2) is 24.7 Å². The Balaban J connectivity index is 2.00. The molecule has 1 amide bonds. The SMILES string of the molecule is O=C1CC(c2cnc3ccnn3c2)CN1. The molecule has 0 aromatic carbocycles. The zero-order chi connectivity index (χ0) is 10.3. The quantitative estimate of drug-likeness (QED) is 0.725. The molecule has 0 radical (unpaired) electrons. The van der Waals surface area contributed by atoms with Crippen molar-refractivity contribution in [1.82, 2.24) is 19.9 Å². The van der Waals surface area contributed by atoms with E-state index < -0.39 is 0 Å². The number of carbonyl (C=O) groups excluding carboxylic acids is 1. The molecule has 3 heterocycles. The molecule has 1 atom stereocenters. The molecular weight excluding hydrogens is 192 g/mol. The monoisotopic (exact) mass is 202 g/mol. The minimum Gasteiger partial charge on any atom is -0.355 e. The van der Waals surface area contributed by atoms with Crippen molar-refractivity contribution in [2.24, 2.45) is 0 Å². The van der Waals surface area contributed by atoms with Crippen molar-refractivity contribution in [2.45, 2.75) is 12.3 Å². The number of fused-ring (bicyclic) bond motifs is 1. The summed E-state index contributed by atoms with van der Waals surface area (Å²) in [5, 5.41) is 6.93. The van der Waals surface area contributed by atoms with E-state index in [4.69, 9.17) is 0 Å². The van der Waals surface area contributed by atoms with Crippen LogP contribution in [0.5, 0.6) is 0 Å². The van der Waals surface area contributed by atoms with Crippen LogP contribution in [0.2, 0.25) is 0 Å². The lowest BCUT2D eigenvalue weighted by atomic mass is 10.0. The molecule has 0 saturated carbocycles. The first-order valence-corrected chi connectivity index (χ1v) is 4.89. The van der Waals surface area contributed by atoms with Crippen LogP contribution in [0.25, 0.3) is 5.65 Å². The molecule has 5 nitrogen and oxygen atoms in total. The lowest BCUT2D eigenvalue weighted by molar-refractivity contribution is -0.119. The fraction of sp³-hybridized carbons (Fsp3) is 0.300. The molecule has 1 unspecified atom stereocenters. The number of amides is 1. The minimum absolute atomic E-state index is 0.112. The summed E-state index contributed by atoms with van der Waals surface area (Å²) in [6.45, 7) is 0.702. The Labute approximate surface area is 86.1 Å². The molecule has 15 heavy (non-hydrogen) atoms. The normalized spacial score (nSPS) is 20.8. The summed E-state index contributed by atoms with van der Waals surface area (Å²) in [6, 6.07) is 1.85. The highest BCUT2D eigenvalue weighted by molar-refractivity contribution is 5.79. The van der Waals surface area contributed by atoms with Crippen LogP contribution in [-0.2, 0) is 4.79 Å². The maximum Gasteiger partial charge on any atom is 0.220 e. The van der Waals surface area contributed by atoms with Crippen LogP contribution in [0, 0.1) is 0 Å². The van der Waals surface area contributed by atoms with Crippen LogP contribution in [0.1, 0.15) is 17.9 Å². The van der Waals surface area contributed by atoms with Crippen LogP contribution in [0.3, 0.4) is 0 Å². The molecule has 0 spiro atoms. The van der Waals surface area contributed by atoms with Gasteiger partial charge in [-0.05, 0) is 5.56 Å². The third-order valence-electron chi connectivity index (χ3n) is 2.72. The second-order valence-electron chi connectivity index (χ2n) is 3.73. The van der Waals surface area contributed by atoms with Gasteiger partial charge in [0.15, 0.2) is 5.65 Å². The molecule has 5 heteroatoms. The van der Waals surface area contributed by atoms with E-state index in [1.165, 1.54) is 0 Å². The molecule has 0 bridgehead atoms. The first kappa shape index (κ1) is 8.40. The summed E-state index contributed by atoms with van der Waals surface area (Å²) in [5.74, 6) is 0.346. The van der Waals surface area contributed by atoms with Gasteiger partial charge in [-0.1, -0.05) is 0 Å². The molecule has 0 aliphatic carbocycles. The van der Waals surface area contributed by atoms with E-state index in [2.05, 4.69) is 15.4 Å². The van der Waals surface area contributed by atoms with Crippen molar-refractivity contribution in [3.63, 3.8) is 0 Å². The average molecular weight is 202 g/mol. The Bertz CT molecular complexity index is 519.